The molecule has 1 aromatic carbocycles. The van der Waals surface area contributed by atoms with Crippen molar-refractivity contribution in [1.82, 2.24) is 29.6 Å². The second-order valence-electron chi connectivity index (χ2n) is 9.26. The van der Waals surface area contributed by atoms with Crippen molar-refractivity contribution in [3.05, 3.63) is 66.6 Å². The number of aromatic nitrogens is 5. The first-order valence-corrected chi connectivity index (χ1v) is 12.2. The van der Waals surface area contributed by atoms with Crippen molar-refractivity contribution in [3.63, 3.8) is 0 Å². The predicted molar refractivity (Wildman–Crippen MR) is 137 cm³/mol. The van der Waals surface area contributed by atoms with E-state index in [1.807, 2.05) is 33.8 Å². The Kier molecular flexibility index (Phi) is 5.37. The van der Waals surface area contributed by atoms with Gasteiger partial charge in [0.25, 0.3) is 0 Å². The van der Waals surface area contributed by atoms with Crippen molar-refractivity contribution in [1.29, 1.82) is 0 Å². The Morgan fingerprint density at radius 2 is 1.94 bits per heavy atom. The maximum Gasteiger partial charge on any atom is 0.246 e. The highest BCUT2D eigenvalue weighted by Crippen LogP contribution is 2.50. The van der Waals surface area contributed by atoms with E-state index in [0.29, 0.717) is 45.7 Å². The van der Waals surface area contributed by atoms with E-state index in [4.69, 9.17) is 27.2 Å². The third-order valence-electron chi connectivity index (χ3n) is 7.09. The van der Waals surface area contributed by atoms with Crippen LogP contribution >= 0.6 is 11.6 Å². The topological polar surface area (TPSA) is 112 Å². The average molecular weight is 502 g/mol. The van der Waals surface area contributed by atoms with Crippen molar-refractivity contribution in [3.8, 4) is 22.9 Å². The van der Waals surface area contributed by atoms with Crippen LogP contribution in [0.2, 0.25) is 5.02 Å². The summed E-state index contributed by atoms with van der Waals surface area (Å²) in [7, 11) is 0. The van der Waals surface area contributed by atoms with Crippen LogP contribution in [0.3, 0.4) is 0 Å². The number of pyridine rings is 1. The number of nitrogens with two attached hydrogens (primary N) is 1. The average Bonchev–Trinajstić information content (AvgIpc) is 3.55. The van der Waals surface area contributed by atoms with Crippen LogP contribution in [0.1, 0.15) is 31.7 Å². The number of likely N-dealkylation sites (tertiary alicyclic amines) is 1. The zero-order valence-corrected chi connectivity index (χ0v) is 20.2. The van der Waals surface area contributed by atoms with Crippen LogP contribution in [-0.4, -0.2) is 47.6 Å². The van der Waals surface area contributed by atoms with Gasteiger partial charge < -0.3 is 15.4 Å². The number of hydrogen-bond acceptors (Lipinski definition) is 7. The highest BCUT2D eigenvalue weighted by molar-refractivity contribution is 6.30. The summed E-state index contributed by atoms with van der Waals surface area (Å²) in [6, 6.07) is 10.9. The van der Waals surface area contributed by atoms with Gasteiger partial charge in [-0.3, -0.25) is 4.79 Å². The third kappa shape index (κ3) is 3.85. The molecule has 0 bridgehead atoms. The summed E-state index contributed by atoms with van der Waals surface area (Å²) >= 11 is 5.90. The Labute approximate surface area is 212 Å². The summed E-state index contributed by atoms with van der Waals surface area (Å²) in [5.41, 5.74) is 8.49. The fourth-order valence-electron chi connectivity index (χ4n) is 5.04. The number of piperidine rings is 1. The number of anilines is 1. The number of halogens is 1. The van der Waals surface area contributed by atoms with Crippen molar-refractivity contribution in [2.24, 2.45) is 0 Å². The lowest BCUT2D eigenvalue weighted by Gasteiger charge is -2.40. The van der Waals surface area contributed by atoms with Gasteiger partial charge in [0.15, 0.2) is 5.65 Å². The van der Waals surface area contributed by atoms with Crippen LogP contribution in [-0.2, 0) is 4.79 Å². The number of fused-ring (bicyclic) bond motifs is 1. The van der Waals surface area contributed by atoms with Crippen molar-refractivity contribution in [2.75, 3.05) is 12.3 Å². The number of amides is 1. The molecule has 1 saturated carbocycles. The van der Waals surface area contributed by atoms with Gasteiger partial charge in [-0.1, -0.05) is 18.2 Å². The molecule has 0 radical (unpaired) electrons. The van der Waals surface area contributed by atoms with Gasteiger partial charge in [-0.15, -0.1) is 0 Å². The van der Waals surface area contributed by atoms with Crippen LogP contribution in [0.15, 0.2) is 61.6 Å². The summed E-state index contributed by atoms with van der Waals surface area (Å²) in [6.07, 6.45) is 8.30. The Morgan fingerprint density at radius 3 is 2.64 bits per heavy atom. The van der Waals surface area contributed by atoms with Gasteiger partial charge in [0, 0.05) is 29.9 Å². The first-order chi connectivity index (χ1) is 17.5. The zero-order valence-electron chi connectivity index (χ0n) is 19.5. The largest absolute Gasteiger partial charge is 0.439 e. The molecule has 36 heavy (non-hydrogen) atoms. The van der Waals surface area contributed by atoms with Crippen LogP contribution < -0.4 is 10.5 Å². The zero-order chi connectivity index (χ0) is 24.9. The molecule has 2 fully saturated rings. The standard InChI is InChI=1S/C26H24ClN7O2/c1-2-21(35)33-14-18(9-10-26(33)11-12-26)34-25-22(24(28)30-15-31-25)23(32-34)16-3-6-19(7-4-16)36-20-8-5-17(27)13-29-20/h2-8,13,15,18H,1,9-12,14H2,(H2,28,30,31)/t18-/m1/s1. The van der Waals surface area contributed by atoms with Gasteiger partial charge >= 0.3 is 0 Å². The molecule has 1 amide bonds. The second kappa shape index (κ2) is 8.60. The fraction of sp³-hybridized carbons (Fsp3) is 0.269. The lowest BCUT2D eigenvalue weighted by molar-refractivity contribution is -0.131. The number of carbonyl (C=O) groups is 1. The molecule has 1 spiro atoms. The molecule has 3 aromatic heterocycles. The summed E-state index contributed by atoms with van der Waals surface area (Å²) in [4.78, 5) is 27.5. The lowest BCUT2D eigenvalue weighted by Crippen LogP contribution is -2.48. The van der Waals surface area contributed by atoms with Crippen LogP contribution in [0, 0.1) is 0 Å². The van der Waals surface area contributed by atoms with Gasteiger partial charge in [0.1, 0.15) is 23.6 Å². The Bertz CT molecular complexity index is 1460. The molecule has 10 heteroatoms. The minimum atomic E-state index is -0.0335. The number of rotatable bonds is 5. The van der Waals surface area contributed by atoms with E-state index in [1.165, 1.54) is 18.6 Å². The summed E-state index contributed by atoms with van der Waals surface area (Å²) in [6.45, 7) is 4.26. The number of benzene rings is 1. The minimum Gasteiger partial charge on any atom is -0.439 e. The Morgan fingerprint density at radius 1 is 1.14 bits per heavy atom. The molecular formula is C26H24ClN7O2. The highest BCUT2D eigenvalue weighted by atomic mass is 35.5. The van der Waals surface area contributed by atoms with E-state index in [-0.39, 0.29) is 17.5 Å². The molecule has 1 atom stereocenters. The number of nitrogens with zero attached hydrogens (tertiary/aromatic N) is 6. The van der Waals surface area contributed by atoms with E-state index >= 15 is 0 Å². The fourth-order valence-corrected chi connectivity index (χ4v) is 5.15. The maximum absolute atomic E-state index is 12.6. The number of ether oxygens (including phenoxy) is 1. The molecule has 1 saturated heterocycles. The third-order valence-corrected chi connectivity index (χ3v) is 7.31. The van der Waals surface area contributed by atoms with Crippen molar-refractivity contribution < 1.29 is 9.53 Å². The van der Waals surface area contributed by atoms with E-state index in [9.17, 15) is 4.79 Å². The van der Waals surface area contributed by atoms with Gasteiger partial charge in [-0.2, -0.15) is 5.10 Å². The van der Waals surface area contributed by atoms with E-state index < -0.39 is 0 Å². The molecule has 4 aromatic rings. The van der Waals surface area contributed by atoms with E-state index in [2.05, 4.69) is 21.5 Å². The quantitative estimate of drug-likeness (QED) is 0.391. The summed E-state index contributed by atoms with van der Waals surface area (Å²) in [5, 5.41) is 6.19. The highest BCUT2D eigenvalue weighted by Gasteiger charge is 2.52. The summed E-state index contributed by atoms with van der Waals surface area (Å²) < 4.78 is 7.72. The van der Waals surface area contributed by atoms with Crippen LogP contribution in [0.5, 0.6) is 11.6 Å². The van der Waals surface area contributed by atoms with E-state index in [1.54, 1.807) is 12.1 Å². The molecule has 1 aliphatic heterocycles. The number of nitrogen functional groups attached to an aromatic ring is 1. The lowest BCUT2D eigenvalue weighted by atomic mass is 9.96. The van der Waals surface area contributed by atoms with Gasteiger partial charge in [-0.25, -0.2) is 19.6 Å². The molecule has 4 heterocycles. The van der Waals surface area contributed by atoms with Crippen LogP contribution in [0.25, 0.3) is 22.3 Å². The second-order valence-corrected chi connectivity index (χ2v) is 9.70. The van der Waals surface area contributed by atoms with E-state index in [0.717, 1.165) is 31.2 Å². The molecular weight excluding hydrogens is 478 g/mol. The minimum absolute atomic E-state index is 0.0175. The first kappa shape index (κ1) is 22.5. The first-order valence-electron chi connectivity index (χ1n) is 11.8. The molecule has 182 valence electrons. The van der Waals surface area contributed by atoms with Gasteiger partial charge in [-0.05, 0) is 62.1 Å². The van der Waals surface area contributed by atoms with Crippen LogP contribution in [0.4, 0.5) is 5.82 Å². The van der Waals surface area contributed by atoms with Crippen molar-refractivity contribution in [2.45, 2.75) is 37.3 Å². The SMILES string of the molecule is C=CC(=O)N1C[C@H](n2nc(-c3ccc(Oc4ccc(Cl)cn4)cc3)c3c(N)ncnc32)CCC12CC2. The Hall–Kier alpha value is -3.98. The normalized spacial score (nSPS) is 18.4. The molecule has 6 rings (SSSR count). The number of carbonyl (C=O) groups excluding carboxylic acids is 1. The molecule has 0 unspecified atom stereocenters. The monoisotopic (exact) mass is 501 g/mol. The maximum atomic E-state index is 12.6. The summed E-state index contributed by atoms with van der Waals surface area (Å²) in [5.74, 6) is 1.40. The van der Waals surface area contributed by atoms with Crippen molar-refractivity contribution >= 4 is 34.4 Å². The Balaban J connectivity index is 1.34. The predicted octanol–water partition coefficient (Wildman–Crippen LogP) is 4.80. The van der Waals surface area contributed by atoms with Gasteiger partial charge in [0.05, 0.1) is 16.5 Å². The van der Waals surface area contributed by atoms with Gasteiger partial charge in [0.2, 0.25) is 11.8 Å². The number of hydrogen-bond donors (Lipinski definition) is 1. The molecule has 2 N–H and O–H groups in total. The molecule has 9 nitrogen and oxygen atoms in total. The molecule has 1 aliphatic carbocycles. The smallest absolute Gasteiger partial charge is 0.246 e. The molecule has 2 aliphatic rings.